The molecule has 0 bridgehead atoms. The van der Waals surface area contributed by atoms with Crippen LogP contribution < -0.4 is 49.1 Å². The van der Waals surface area contributed by atoms with Crippen molar-refractivity contribution < 1.29 is 48.6 Å². The highest BCUT2D eigenvalue weighted by Gasteiger charge is 2.43. The number of carbonyl (C=O) groups is 8. The second kappa shape index (κ2) is 26.1. The van der Waals surface area contributed by atoms with Crippen LogP contribution in [0.1, 0.15) is 98.8 Å². The van der Waals surface area contributed by atoms with Gasteiger partial charge in [0.25, 0.3) is 0 Å². The maximum atomic E-state index is 14.5. The van der Waals surface area contributed by atoms with E-state index in [0.29, 0.717) is 24.1 Å². The SMILES string of the molecule is CC[C@@H](C)[C@H](NC(=O)C1CCN1C(=O)[C@H](Cc1cnc[nH]1)NC(=O)[C@@H](NC(=O)[C@H](Cc1ccc(O)cc1)NC(=O)[C@@H](NC(=O)[C@H](CCCN=C(N)N)NC(=O)C(C)(C)N)C(C)C)[C@@H](C)CC)C(=O)O. The van der Waals surface area contributed by atoms with E-state index in [2.05, 4.69) is 46.9 Å². The van der Waals surface area contributed by atoms with Crippen LogP contribution in [0.15, 0.2) is 41.8 Å². The first-order chi connectivity index (χ1) is 32.4. The predicted octanol–water partition coefficient (Wildman–Crippen LogP) is -0.966. The van der Waals surface area contributed by atoms with Gasteiger partial charge >= 0.3 is 5.97 Å². The number of aliphatic imine (C=N–C) groups is 1. The van der Waals surface area contributed by atoms with Gasteiger partial charge in [0, 0.05) is 37.8 Å². The first kappa shape index (κ1) is 56.5. The number of imidazole rings is 1. The minimum Gasteiger partial charge on any atom is -0.508 e. The molecule has 15 N–H and O–H groups in total. The van der Waals surface area contributed by atoms with Crippen molar-refractivity contribution >= 4 is 53.3 Å². The summed E-state index contributed by atoms with van der Waals surface area (Å²) in [5, 5.41) is 36.0. The number of likely N-dealkylation sites (tertiary alicyclic amines) is 1. The Morgan fingerprint density at radius 1 is 0.797 bits per heavy atom. The Bertz CT molecular complexity index is 2110. The van der Waals surface area contributed by atoms with Gasteiger partial charge < -0.3 is 69.2 Å². The number of nitrogens with zero attached hydrogens (tertiary/aromatic N) is 3. The molecule has 1 aliphatic heterocycles. The van der Waals surface area contributed by atoms with Crippen molar-refractivity contribution in [3.8, 4) is 5.75 Å². The number of aromatic amines is 1. The van der Waals surface area contributed by atoms with Gasteiger partial charge in [0.2, 0.25) is 41.4 Å². The lowest BCUT2D eigenvalue weighted by Gasteiger charge is -2.42. The number of rotatable bonds is 27. The van der Waals surface area contributed by atoms with Crippen molar-refractivity contribution in [1.82, 2.24) is 46.8 Å². The van der Waals surface area contributed by atoms with Crippen LogP contribution in [0.4, 0.5) is 0 Å². The number of aromatic nitrogens is 2. The zero-order valence-electron chi connectivity index (χ0n) is 40.8. The van der Waals surface area contributed by atoms with E-state index in [9.17, 15) is 48.6 Å². The van der Waals surface area contributed by atoms with E-state index in [1.54, 1.807) is 53.7 Å². The largest absolute Gasteiger partial charge is 0.508 e. The summed E-state index contributed by atoms with van der Waals surface area (Å²) in [5.41, 5.74) is 16.5. The highest BCUT2D eigenvalue weighted by molar-refractivity contribution is 5.98. The fraction of sp³-hybridized carbons (Fsp3) is 0.609. The van der Waals surface area contributed by atoms with Crippen LogP contribution in [0.2, 0.25) is 0 Å². The van der Waals surface area contributed by atoms with Crippen LogP contribution in [0, 0.1) is 17.8 Å². The average molecular weight is 968 g/mol. The molecule has 1 aliphatic rings. The van der Waals surface area contributed by atoms with E-state index in [-0.39, 0.29) is 62.8 Å². The molecule has 3 rings (SSSR count). The van der Waals surface area contributed by atoms with E-state index in [1.807, 2.05) is 0 Å². The Morgan fingerprint density at radius 3 is 1.90 bits per heavy atom. The second-order valence-corrected chi connectivity index (χ2v) is 18.6. The fourth-order valence-electron chi connectivity index (χ4n) is 7.33. The molecule has 23 nitrogen and oxygen atoms in total. The molecule has 1 saturated heterocycles. The van der Waals surface area contributed by atoms with E-state index in [1.165, 1.54) is 43.4 Å². The van der Waals surface area contributed by atoms with Crippen LogP contribution in [-0.2, 0) is 51.2 Å². The van der Waals surface area contributed by atoms with Crippen LogP contribution in [0.3, 0.4) is 0 Å². The number of hydrogen-bond donors (Lipinski definition) is 12. The number of guanidine groups is 1. The Hall–Kier alpha value is -6.78. The molecular weight excluding hydrogens is 895 g/mol. The average Bonchev–Trinajstić information content (AvgIpc) is 3.79. The summed E-state index contributed by atoms with van der Waals surface area (Å²) in [4.78, 5) is 122. The van der Waals surface area contributed by atoms with Gasteiger partial charge in [-0.25, -0.2) is 9.78 Å². The fourth-order valence-corrected chi connectivity index (χ4v) is 7.33. The van der Waals surface area contributed by atoms with Crippen molar-refractivity contribution in [3.05, 3.63) is 48.0 Å². The van der Waals surface area contributed by atoms with Gasteiger partial charge in [-0.05, 0) is 68.6 Å². The van der Waals surface area contributed by atoms with Gasteiger partial charge in [-0.15, -0.1) is 0 Å². The summed E-state index contributed by atoms with van der Waals surface area (Å²) in [6.45, 7) is 13.6. The zero-order valence-corrected chi connectivity index (χ0v) is 40.8. The lowest BCUT2D eigenvalue weighted by molar-refractivity contribution is -0.152. The molecule has 69 heavy (non-hydrogen) atoms. The summed E-state index contributed by atoms with van der Waals surface area (Å²) >= 11 is 0. The molecule has 1 aromatic heterocycles. The van der Waals surface area contributed by atoms with Crippen LogP contribution in [0.25, 0.3) is 0 Å². The Labute approximate surface area is 402 Å². The summed E-state index contributed by atoms with van der Waals surface area (Å²) in [5.74, 6) is -7.74. The topological polar surface area (TPSA) is 372 Å². The van der Waals surface area contributed by atoms with Crippen molar-refractivity contribution in [1.29, 1.82) is 0 Å². The van der Waals surface area contributed by atoms with E-state index in [4.69, 9.17) is 17.2 Å². The number of benzene rings is 1. The molecule has 1 unspecified atom stereocenters. The number of phenolic OH excluding ortho intramolecular Hbond substituents is 1. The summed E-state index contributed by atoms with van der Waals surface area (Å²) in [6.07, 6.45) is 4.16. The zero-order chi connectivity index (χ0) is 51.7. The normalized spacial score (nSPS) is 17.0. The summed E-state index contributed by atoms with van der Waals surface area (Å²) in [7, 11) is 0. The van der Waals surface area contributed by atoms with E-state index < -0.39 is 107 Å². The van der Waals surface area contributed by atoms with Gasteiger partial charge in [0.1, 0.15) is 48.0 Å². The third kappa shape index (κ3) is 17.0. The van der Waals surface area contributed by atoms with Crippen LogP contribution >= 0.6 is 0 Å². The van der Waals surface area contributed by atoms with Crippen molar-refractivity contribution in [2.24, 2.45) is 39.9 Å². The molecule has 0 radical (unpaired) electrons. The highest BCUT2D eigenvalue weighted by Crippen LogP contribution is 2.22. The minimum absolute atomic E-state index is 0.0437. The van der Waals surface area contributed by atoms with Gasteiger partial charge in [0.05, 0.1) is 11.9 Å². The number of aromatic hydroxyl groups is 1. The smallest absolute Gasteiger partial charge is 0.326 e. The molecule has 23 heteroatoms. The van der Waals surface area contributed by atoms with E-state index in [0.717, 1.165) is 0 Å². The summed E-state index contributed by atoms with van der Waals surface area (Å²) in [6, 6.07) is -2.53. The number of nitrogens with one attached hydrogen (secondary N) is 7. The van der Waals surface area contributed by atoms with Crippen molar-refractivity contribution in [2.45, 2.75) is 148 Å². The number of nitrogens with two attached hydrogens (primary N) is 3. The quantitative estimate of drug-likeness (QED) is 0.0292. The third-order valence-electron chi connectivity index (χ3n) is 12.2. The number of phenols is 1. The lowest BCUT2D eigenvalue weighted by Crippen LogP contribution is -2.65. The third-order valence-corrected chi connectivity index (χ3v) is 12.2. The van der Waals surface area contributed by atoms with E-state index >= 15 is 0 Å². The number of carbonyl (C=O) groups excluding carboxylic acids is 7. The van der Waals surface area contributed by atoms with Gasteiger partial charge in [-0.2, -0.15) is 0 Å². The standard InChI is InChI=1S/C46H73N13O10/c1-9-25(5)35(41(65)54-32(21-28-22-50-23-52-28)42(66)59-19-17-33(59)39(63)58-36(43(67)68)26(6)10-2)57-38(62)31(20-27-13-15-29(60)16-14-27)53-40(64)34(24(3)4)56-37(61)30(12-11-18-51-45(47)48)55-44(69)46(7,8)49/h13-16,22-26,30-36,60H,9-12,17-21,49H2,1-8H3,(H,50,52)(H,53,64)(H,54,65)(H,55,69)(H,56,61)(H,57,62)(H,58,63)(H,67,68)(H4,47,48,51)/t25-,26+,30-,31-,32-,33?,34-,35-,36-/m0/s1. The Kier molecular flexibility index (Phi) is 21.4. The second-order valence-electron chi connectivity index (χ2n) is 18.6. The number of carboxylic acid groups (broad SMARTS) is 1. The maximum absolute atomic E-state index is 14.5. The molecule has 0 aliphatic carbocycles. The van der Waals surface area contributed by atoms with Gasteiger partial charge in [-0.1, -0.05) is 66.5 Å². The number of aliphatic carboxylic acids is 1. The van der Waals surface area contributed by atoms with Crippen molar-refractivity contribution in [2.75, 3.05) is 13.1 Å². The van der Waals surface area contributed by atoms with Crippen LogP contribution in [-0.4, -0.2) is 139 Å². The molecule has 0 saturated carbocycles. The Morgan fingerprint density at radius 2 is 1.38 bits per heavy atom. The molecule has 1 aromatic carbocycles. The van der Waals surface area contributed by atoms with Crippen LogP contribution in [0.5, 0.6) is 5.75 Å². The molecule has 7 amide bonds. The first-order valence-electron chi connectivity index (χ1n) is 23.3. The number of carboxylic acids is 1. The minimum atomic E-state index is -1.36. The maximum Gasteiger partial charge on any atom is 0.326 e. The Balaban J connectivity index is 1.92. The molecule has 1 fully saturated rings. The molecule has 382 valence electrons. The van der Waals surface area contributed by atoms with Crippen molar-refractivity contribution in [3.63, 3.8) is 0 Å². The van der Waals surface area contributed by atoms with Gasteiger partial charge in [-0.3, -0.25) is 38.6 Å². The molecule has 0 spiro atoms. The highest BCUT2D eigenvalue weighted by atomic mass is 16.4. The lowest BCUT2D eigenvalue weighted by atomic mass is 9.94. The monoisotopic (exact) mass is 968 g/mol. The molecule has 9 atom stereocenters. The summed E-state index contributed by atoms with van der Waals surface area (Å²) < 4.78 is 0. The predicted molar refractivity (Wildman–Crippen MR) is 255 cm³/mol. The number of hydrogen-bond acceptors (Lipinski definition) is 12. The molecule has 2 aromatic rings. The first-order valence-corrected chi connectivity index (χ1v) is 23.3. The molecule has 2 heterocycles. The molecular formula is C46H73N13O10. The number of amides is 7. The van der Waals surface area contributed by atoms with Gasteiger partial charge in [0.15, 0.2) is 5.96 Å². The number of H-pyrrole nitrogens is 1.